The molecular weight excluding hydrogens is 300 g/mol. The minimum absolute atomic E-state index is 0.264. The van der Waals surface area contributed by atoms with Gasteiger partial charge < -0.3 is 19.7 Å². The number of morpholine rings is 1. The lowest BCUT2D eigenvalue weighted by atomic mass is 10.1. The van der Waals surface area contributed by atoms with Crippen LogP contribution in [0.1, 0.15) is 18.5 Å². The number of ether oxygens (including phenoxy) is 2. The van der Waals surface area contributed by atoms with Crippen molar-refractivity contribution in [1.82, 2.24) is 5.32 Å². The Morgan fingerprint density at radius 1 is 1.21 bits per heavy atom. The van der Waals surface area contributed by atoms with Gasteiger partial charge in [0.15, 0.2) is 0 Å². The van der Waals surface area contributed by atoms with Gasteiger partial charge in [-0.05, 0) is 36.8 Å². The molecule has 2 aromatic rings. The molecule has 2 atom stereocenters. The third-order valence-electron chi connectivity index (χ3n) is 4.57. The zero-order chi connectivity index (χ0) is 16.8. The van der Waals surface area contributed by atoms with Crippen LogP contribution in [0.5, 0.6) is 5.75 Å². The van der Waals surface area contributed by atoms with Gasteiger partial charge in [0.1, 0.15) is 5.75 Å². The van der Waals surface area contributed by atoms with Crippen molar-refractivity contribution in [2.24, 2.45) is 0 Å². The summed E-state index contributed by atoms with van der Waals surface area (Å²) in [6, 6.07) is 19.4. The van der Waals surface area contributed by atoms with Gasteiger partial charge in [0, 0.05) is 24.8 Å². The van der Waals surface area contributed by atoms with Crippen LogP contribution in [-0.2, 0) is 4.74 Å². The number of hydrogen-bond donors (Lipinski definition) is 1. The molecule has 0 bridgehead atoms. The summed E-state index contributed by atoms with van der Waals surface area (Å²) in [5, 5.41) is 3.64. The van der Waals surface area contributed by atoms with Crippen LogP contribution in [-0.4, -0.2) is 39.5 Å². The van der Waals surface area contributed by atoms with E-state index in [2.05, 4.69) is 59.6 Å². The Morgan fingerprint density at radius 2 is 2.04 bits per heavy atom. The van der Waals surface area contributed by atoms with E-state index in [4.69, 9.17) is 9.47 Å². The molecule has 1 heterocycles. The predicted molar refractivity (Wildman–Crippen MR) is 97.8 cm³/mol. The summed E-state index contributed by atoms with van der Waals surface area (Å²) < 4.78 is 11.0. The maximum Gasteiger partial charge on any atom is 0.119 e. The molecule has 24 heavy (non-hydrogen) atoms. The third kappa shape index (κ3) is 4.08. The highest BCUT2D eigenvalue weighted by Crippen LogP contribution is 2.21. The highest BCUT2D eigenvalue weighted by Gasteiger charge is 2.23. The first-order valence-electron chi connectivity index (χ1n) is 8.54. The first-order valence-corrected chi connectivity index (χ1v) is 8.54. The van der Waals surface area contributed by atoms with E-state index in [1.54, 1.807) is 7.11 Å². The van der Waals surface area contributed by atoms with Crippen LogP contribution in [0.2, 0.25) is 0 Å². The summed E-state index contributed by atoms with van der Waals surface area (Å²) in [6.45, 7) is 5.55. The summed E-state index contributed by atoms with van der Waals surface area (Å²) in [5.74, 6) is 0.896. The Balaban J connectivity index is 1.63. The molecule has 1 aliphatic rings. The zero-order valence-corrected chi connectivity index (χ0v) is 14.4. The Morgan fingerprint density at radius 3 is 2.83 bits per heavy atom. The van der Waals surface area contributed by atoms with Gasteiger partial charge in [-0.25, -0.2) is 0 Å². The summed E-state index contributed by atoms with van der Waals surface area (Å²) in [7, 11) is 1.70. The minimum Gasteiger partial charge on any atom is -0.497 e. The van der Waals surface area contributed by atoms with Crippen molar-refractivity contribution in [1.29, 1.82) is 0 Å². The van der Waals surface area contributed by atoms with Gasteiger partial charge >= 0.3 is 0 Å². The molecule has 1 fully saturated rings. The maximum atomic E-state index is 5.71. The van der Waals surface area contributed by atoms with Gasteiger partial charge in [-0.3, -0.25) is 0 Å². The summed E-state index contributed by atoms with van der Waals surface area (Å²) in [5.41, 5.74) is 2.50. The molecule has 2 aromatic carbocycles. The smallest absolute Gasteiger partial charge is 0.119 e. The van der Waals surface area contributed by atoms with Gasteiger partial charge in [0.25, 0.3) is 0 Å². The number of hydrogen-bond acceptors (Lipinski definition) is 4. The van der Waals surface area contributed by atoms with Crippen LogP contribution in [0.25, 0.3) is 0 Å². The van der Waals surface area contributed by atoms with Gasteiger partial charge in [0.2, 0.25) is 0 Å². The molecule has 0 amide bonds. The van der Waals surface area contributed by atoms with E-state index < -0.39 is 0 Å². The third-order valence-corrected chi connectivity index (χ3v) is 4.57. The van der Waals surface area contributed by atoms with Gasteiger partial charge in [-0.15, -0.1) is 0 Å². The first kappa shape index (κ1) is 16.8. The van der Waals surface area contributed by atoms with Gasteiger partial charge in [0.05, 0.1) is 26.4 Å². The van der Waals surface area contributed by atoms with Crippen LogP contribution in [0, 0.1) is 0 Å². The van der Waals surface area contributed by atoms with E-state index in [9.17, 15) is 0 Å². The summed E-state index contributed by atoms with van der Waals surface area (Å²) >= 11 is 0. The number of methoxy groups -OCH3 is 1. The van der Waals surface area contributed by atoms with Crippen molar-refractivity contribution in [3.8, 4) is 5.75 Å². The van der Waals surface area contributed by atoms with E-state index in [0.717, 1.165) is 32.1 Å². The molecule has 0 spiro atoms. The standard InChI is InChI=1S/C20H26N2O2/c1-16(17-7-6-10-20(13-17)23-2)21-14-19-15-24-12-11-22(19)18-8-4-3-5-9-18/h3-10,13,16,19,21H,11-12,14-15H2,1-2H3. The fraction of sp³-hybridized carbons (Fsp3) is 0.400. The predicted octanol–water partition coefficient (Wildman–Crippen LogP) is 3.25. The molecular formula is C20H26N2O2. The Bertz CT molecular complexity index is 633. The number of rotatable bonds is 6. The monoisotopic (exact) mass is 326 g/mol. The molecule has 3 rings (SSSR count). The number of nitrogens with zero attached hydrogens (tertiary/aromatic N) is 1. The second kappa shape index (κ2) is 8.18. The SMILES string of the molecule is COc1cccc(C(C)NCC2COCCN2c2ccccc2)c1. The average molecular weight is 326 g/mol. The lowest BCUT2D eigenvalue weighted by Gasteiger charge is -2.38. The number of nitrogens with one attached hydrogen (secondary N) is 1. The largest absolute Gasteiger partial charge is 0.497 e. The van der Waals surface area contributed by atoms with E-state index in [0.29, 0.717) is 6.04 Å². The molecule has 0 aliphatic carbocycles. The Hall–Kier alpha value is -2.04. The van der Waals surface area contributed by atoms with Crippen LogP contribution >= 0.6 is 0 Å². The fourth-order valence-electron chi connectivity index (χ4n) is 3.12. The molecule has 128 valence electrons. The number of anilines is 1. The highest BCUT2D eigenvalue weighted by molar-refractivity contribution is 5.47. The molecule has 0 aromatic heterocycles. The van der Waals surface area contributed by atoms with Gasteiger partial charge in [-0.1, -0.05) is 30.3 Å². The average Bonchev–Trinajstić information content (AvgIpc) is 2.67. The molecule has 0 radical (unpaired) electrons. The Labute approximate surface area is 144 Å². The first-order chi connectivity index (χ1) is 11.8. The van der Waals surface area contributed by atoms with Crippen molar-refractivity contribution >= 4 is 5.69 Å². The normalized spacial score (nSPS) is 19.1. The van der Waals surface area contributed by atoms with E-state index in [1.807, 2.05) is 12.1 Å². The molecule has 1 N–H and O–H groups in total. The van der Waals surface area contributed by atoms with E-state index >= 15 is 0 Å². The lowest BCUT2D eigenvalue weighted by Crippen LogP contribution is -2.50. The van der Waals surface area contributed by atoms with Crippen molar-refractivity contribution in [3.05, 3.63) is 60.2 Å². The summed E-state index contributed by atoms with van der Waals surface area (Å²) in [6.07, 6.45) is 0. The van der Waals surface area contributed by atoms with Crippen LogP contribution in [0.3, 0.4) is 0 Å². The maximum absolute atomic E-state index is 5.71. The van der Waals surface area contributed by atoms with Crippen LogP contribution < -0.4 is 15.0 Å². The minimum atomic E-state index is 0.264. The molecule has 1 saturated heterocycles. The van der Waals surface area contributed by atoms with Crippen molar-refractivity contribution in [2.45, 2.75) is 19.0 Å². The number of benzene rings is 2. The zero-order valence-electron chi connectivity index (χ0n) is 14.4. The molecule has 2 unspecified atom stereocenters. The highest BCUT2D eigenvalue weighted by atomic mass is 16.5. The van der Waals surface area contributed by atoms with Crippen LogP contribution in [0.4, 0.5) is 5.69 Å². The topological polar surface area (TPSA) is 33.7 Å². The van der Waals surface area contributed by atoms with Crippen molar-refractivity contribution in [2.75, 3.05) is 38.3 Å². The molecule has 4 nitrogen and oxygen atoms in total. The molecule has 1 aliphatic heterocycles. The fourth-order valence-corrected chi connectivity index (χ4v) is 3.12. The lowest BCUT2D eigenvalue weighted by molar-refractivity contribution is 0.0930. The summed E-state index contributed by atoms with van der Waals surface area (Å²) in [4.78, 5) is 2.44. The second-order valence-corrected chi connectivity index (χ2v) is 6.16. The van der Waals surface area contributed by atoms with Crippen molar-refractivity contribution < 1.29 is 9.47 Å². The molecule has 0 saturated carbocycles. The molecule has 4 heteroatoms. The van der Waals surface area contributed by atoms with E-state index in [-0.39, 0.29) is 6.04 Å². The quantitative estimate of drug-likeness (QED) is 0.883. The van der Waals surface area contributed by atoms with Crippen LogP contribution in [0.15, 0.2) is 54.6 Å². The Kier molecular flexibility index (Phi) is 5.72. The van der Waals surface area contributed by atoms with Gasteiger partial charge in [-0.2, -0.15) is 0 Å². The second-order valence-electron chi connectivity index (χ2n) is 6.16. The van der Waals surface area contributed by atoms with Crippen molar-refractivity contribution in [3.63, 3.8) is 0 Å². The number of para-hydroxylation sites is 1. The van der Waals surface area contributed by atoms with E-state index in [1.165, 1.54) is 11.3 Å².